The van der Waals surface area contributed by atoms with Crippen LogP contribution in [0.5, 0.6) is 5.75 Å². The molecule has 1 unspecified atom stereocenters. The van der Waals surface area contributed by atoms with Gasteiger partial charge in [-0.3, -0.25) is 4.79 Å². The normalized spacial score (nSPS) is 21.4. The zero-order valence-electron chi connectivity index (χ0n) is 16.7. The second-order valence-corrected chi connectivity index (χ2v) is 7.84. The first-order valence-electron chi connectivity index (χ1n) is 9.72. The molecule has 162 valence electrons. The average molecular weight is 423 g/mol. The highest BCUT2D eigenvalue weighted by molar-refractivity contribution is 5.86. The maximum atomic E-state index is 15.7. The Hall–Kier alpha value is -2.72. The number of fused-ring (bicyclic) bond motifs is 1. The standard InChI is InChI=1S/C20H23F2N3O5/c1-23-9-20(29-2)5-6-24(10-20)17-13(21)7-12-16(15(17)22)25(11-3-4-11)8-14(18(12)26)30-19(27)28/h7-8,11,23H,3-6,9-10H2,1-2H3,(H,27,28). The van der Waals surface area contributed by atoms with Gasteiger partial charge < -0.3 is 29.4 Å². The minimum Gasteiger partial charge on any atom is -0.449 e. The molecule has 2 aromatic rings. The maximum Gasteiger partial charge on any atom is 0.511 e. The molecule has 0 radical (unpaired) electrons. The molecule has 2 N–H and O–H groups in total. The van der Waals surface area contributed by atoms with Crippen molar-refractivity contribution >= 4 is 22.7 Å². The zero-order valence-corrected chi connectivity index (χ0v) is 16.7. The van der Waals surface area contributed by atoms with Gasteiger partial charge in [-0.15, -0.1) is 0 Å². The Morgan fingerprint density at radius 1 is 1.40 bits per heavy atom. The van der Waals surface area contributed by atoms with Gasteiger partial charge in [0.2, 0.25) is 5.43 Å². The van der Waals surface area contributed by atoms with Gasteiger partial charge in [-0.25, -0.2) is 13.6 Å². The van der Waals surface area contributed by atoms with E-state index in [1.54, 1.807) is 19.1 Å². The topological polar surface area (TPSA) is 93.0 Å². The summed E-state index contributed by atoms with van der Waals surface area (Å²) in [5.74, 6) is -2.20. The van der Waals surface area contributed by atoms with Crippen molar-refractivity contribution in [1.82, 2.24) is 9.88 Å². The number of rotatable bonds is 6. The van der Waals surface area contributed by atoms with E-state index >= 15 is 8.78 Å². The number of hydrogen-bond donors (Lipinski definition) is 2. The van der Waals surface area contributed by atoms with Crippen LogP contribution in [0, 0.1) is 11.6 Å². The summed E-state index contributed by atoms with van der Waals surface area (Å²) in [6.45, 7) is 1.21. The molecule has 1 aromatic carbocycles. The van der Waals surface area contributed by atoms with Crippen molar-refractivity contribution in [3.05, 3.63) is 34.1 Å². The van der Waals surface area contributed by atoms with Crippen molar-refractivity contribution in [2.45, 2.75) is 30.9 Å². The lowest BCUT2D eigenvalue weighted by Crippen LogP contribution is -2.44. The van der Waals surface area contributed by atoms with E-state index in [0.29, 0.717) is 19.5 Å². The third-order valence-corrected chi connectivity index (χ3v) is 5.85. The predicted octanol–water partition coefficient (Wildman–Crippen LogP) is 2.49. The summed E-state index contributed by atoms with van der Waals surface area (Å²) in [7, 11) is 3.36. The third-order valence-electron chi connectivity index (χ3n) is 5.85. The van der Waals surface area contributed by atoms with Crippen molar-refractivity contribution in [2.75, 3.05) is 38.7 Å². The molecular weight excluding hydrogens is 400 g/mol. The largest absolute Gasteiger partial charge is 0.511 e. The lowest BCUT2D eigenvalue weighted by Gasteiger charge is -2.28. The number of ether oxygens (including phenoxy) is 2. The number of nitrogens with one attached hydrogen (secondary N) is 1. The summed E-state index contributed by atoms with van der Waals surface area (Å²) in [5.41, 5.74) is -1.69. The van der Waals surface area contributed by atoms with Crippen molar-refractivity contribution < 1.29 is 28.2 Å². The lowest BCUT2D eigenvalue weighted by atomic mass is 10.0. The van der Waals surface area contributed by atoms with Crippen LogP contribution in [0.3, 0.4) is 0 Å². The Kier molecular flexibility index (Phi) is 5.15. The monoisotopic (exact) mass is 423 g/mol. The molecule has 2 fully saturated rings. The quantitative estimate of drug-likeness (QED) is 0.690. The van der Waals surface area contributed by atoms with Gasteiger partial charge in [-0.05, 0) is 32.4 Å². The molecule has 1 aliphatic heterocycles. The molecule has 1 atom stereocenters. The molecule has 0 amide bonds. The fourth-order valence-corrected chi connectivity index (χ4v) is 4.24. The highest BCUT2D eigenvalue weighted by Gasteiger charge is 2.40. The van der Waals surface area contributed by atoms with E-state index in [1.807, 2.05) is 0 Å². The molecule has 4 rings (SSSR count). The minimum absolute atomic E-state index is 0.0415. The van der Waals surface area contributed by atoms with Crippen LogP contribution in [0.15, 0.2) is 17.1 Å². The predicted molar refractivity (Wildman–Crippen MR) is 106 cm³/mol. The van der Waals surface area contributed by atoms with Crippen molar-refractivity contribution in [3.8, 4) is 5.75 Å². The van der Waals surface area contributed by atoms with E-state index < -0.39 is 34.6 Å². The molecule has 1 aliphatic carbocycles. The first-order chi connectivity index (χ1) is 14.3. The van der Waals surface area contributed by atoms with Crippen LogP contribution in [-0.2, 0) is 4.74 Å². The molecule has 8 nitrogen and oxygen atoms in total. The summed E-state index contributed by atoms with van der Waals surface area (Å²) in [5, 5.41) is 11.7. The van der Waals surface area contributed by atoms with Gasteiger partial charge in [0.1, 0.15) is 11.5 Å². The molecule has 1 saturated heterocycles. The molecule has 1 aromatic heterocycles. The molecular formula is C20H23F2N3O5. The number of halogens is 2. The Bertz CT molecular complexity index is 1070. The number of benzene rings is 1. The van der Waals surface area contributed by atoms with Gasteiger partial charge in [0, 0.05) is 32.8 Å². The number of pyridine rings is 1. The molecule has 1 saturated carbocycles. The minimum atomic E-state index is -1.66. The molecule has 2 aliphatic rings. The molecule has 2 heterocycles. The molecule has 30 heavy (non-hydrogen) atoms. The van der Waals surface area contributed by atoms with Crippen LogP contribution in [-0.4, -0.2) is 55.2 Å². The number of carboxylic acid groups (broad SMARTS) is 1. The number of hydrogen-bond acceptors (Lipinski definition) is 6. The van der Waals surface area contributed by atoms with Gasteiger partial charge in [0.15, 0.2) is 11.6 Å². The van der Waals surface area contributed by atoms with Crippen LogP contribution in [0.25, 0.3) is 10.9 Å². The van der Waals surface area contributed by atoms with Crippen LogP contribution < -0.4 is 20.4 Å². The van der Waals surface area contributed by atoms with Crippen molar-refractivity contribution in [1.29, 1.82) is 0 Å². The Labute approximate surface area is 171 Å². The van der Waals surface area contributed by atoms with Gasteiger partial charge in [-0.2, -0.15) is 0 Å². The fourth-order valence-electron chi connectivity index (χ4n) is 4.24. The second-order valence-electron chi connectivity index (χ2n) is 7.84. The highest BCUT2D eigenvalue weighted by Crippen LogP contribution is 2.41. The Morgan fingerprint density at radius 3 is 2.73 bits per heavy atom. The van der Waals surface area contributed by atoms with Crippen molar-refractivity contribution in [3.63, 3.8) is 0 Å². The number of aromatic nitrogens is 1. The second kappa shape index (κ2) is 7.51. The van der Waals surface area contributed by atoms with Crippen molar-refractivity contribution in [2.24, 2.45) is 0 Å². The summed E-state index contributed by atoms with van der Waals surface area (Å²) in [4.78, 5) is 25.2. The van der Waals surface area contributed by atoms with Crippen LogP contribution in [0.1, 0.15) is 25.3 Å². The van der Waals surface area contributed by atoms with Gasteiger partial charge in [-0.1, -0.05) is 0 Å². The number of nitrogens with zero attached hydrogens (tertiary/aromatic N) is 2. The van der Waals surface area contributed by atoms with Crippen LogP contribution in [0.2, 0.25) is 0 Å². The summed E-state index contributed by atoms with van der Waals surface area (Å²) in [6.07, 6.45) is 1.61. The first kappa shape index (κ1) is 20.5. The van der Waals surface area contributed by atoms with E-state index in [1.165, 1.54) is 10.8 Å². The van der Waals surface area contributed by atoms with Gasteiger partial charge in [0.05, 0.1) is 22.7 Å². The number of anilines is 1. The number of methoxy groups -OCH3 is 1. The summed E-state index contributed by atoms with van der Waals surface area (Å²) >= 11 is 0. The molecule has 0 spiro atoms. The van der Waals surface area contributed by atoms with Crippen LogP contribution in [0.4, 0.5) is 19.3 Å². The van der Waals surface area contributed by atoms with E-state index in [-0.39, 0.29) is 29.2 Å². The van der Waals surface area contributed by atoms with Gasteiger partial charge in [0.25, 0.3) is 0 Å². The smallest absolute Gasteiger partial charge is 0.449 e. The van der Waals surface area contributed by atoms with Crippen LogP contribution >= 0.6 is 0 Å². The molecule has 0 bridgehead atoms. The number of carbonyl (C=O) groups is 1. The number of likely N-dealkylation sites (N-methyl/N-ethyl adjacent to an activating group) is 1. The highest BCUT2D eigenvalue weighted by atomic mass is 19.1. The Morgan fingerprint density at radius 2 is 2.13 bits per heavy atom. The van der Waals surface area contributed by atoms with E-state index in [9.17, 15) is 9.59 Å². The van der Waals surface area contributed by atoms with E-state index in [4.69, 9.17) is 9.84 Å². The third kappa shape index (κ3) is 3.39. The SMILES string of the molecule is CNCC1(OC)CCN(c2c(F)cc3c(=O)c(OC(=O)O)cn(C4CC4)c3c2F)C1. The maximum absolute atomic E-state index is 15.7. The van der Waals surface area contributed by atoms with E-state index in [2.05, 4.69) is 10.1 Å². The summed E-state index contributed by atoms with van der Waals surface area (Å²) in [6, 6.07) is 0.868. The van der Waals surface area contributed by atoms with Gasteiger partial charge >= 0.3 is 6.16 Å². The Balaban J connectivity index is 1.87. The lowest BCUT2D eigenvalue weighted by molar-refractivity contribution is 0.0111. The van der Waals surface area contributed by atoms with E-state index in [0.717, 1.165) is 18.9 Å². The average Bonchev–Trinajstić information content (AvgIpc) is 3.46. The first-order valence-corrected chi connectivity index (χ1v) is 9.72. The molecule has 10 heteroatoms. The fraction of sp³-hybridized carbons (Fsp3) is 0.500. The summed E-state index contributed by atoms with van der Waals surface area (Å²) < 4.78 is 42.4. The zero-order chi connectivity index (χ0) is 21.6.